The molecule has 2 N–H and O–H groups in total. The Hall–Kier alpha value is -3.77. The molecule has 1 aliphatic rings. The first-order valence-corrected chi connectivity index (χ1v) is 13.4. The SMILES string of the molecule is CC=CN1CCN(c2cc(=O)n(-c3c(C)cccc3CC)c3cc(-c4c(N)cccc4Cl)c(F)cc23)CC1. The summed E-state index contributed by atoms with van der Waals surface area (Å²) < 4.78 is 17.6. The molecule has 5 nitrogen and oxygen atoms in total. The molecule has 38 heavy (non-hydrogen) atoms. The fraction of sp³-hybridized carbons (Fsp3) is 0.258. The largest absolute Gasteiger partial charge is 0.398 e. The molecule has 4 aromatic rings. The van der Waals surface area contributed by atoms with Crippen molar-refractivity contribution in [3.8, 4) is 16.8 Å². The average molecular weight is 531 g/mol. The number of aromatic nitrogens is 1. The Labute approximate surface area is 227 Å². The zero-order valence-electron chi connectivity index (χ0n) is 22.0. The zero-order chi connectivity index (χ0) is 27.0. The Morgan fingerprint density at radius 3 is 2.47 bits per heavy atom. The number of halogens is 2. The summed E-state index contributed by atoms with van der Waals surface area (Å²) in [6.45, 7) is 9.18. The van der Waals surface area contributed by atoms with Crippen LogP contribution in [0.1, 0.15) is 25.0 Å². The highest BCUT2D eigenvalue weighted by Gasteiger charge is 2.23. The zero-order valence-corrected chi connectivity index (χ0v) is 22.7. The van der Waals surface area contributed by atoms with Gasteiger partial charge in [-0.3, -0.25) is 9.36 Å². The van der Waals surface area contributed by atoms with E-state index in [1.54, 1.807) is 34.9 Å². The molecule has 0 amide bonds. The van der Waals surface area contributed by atoms with E-state index < -0.39 is 5.82 Å². The highest BCUT2D eigenvalue weighted by atomic mass is 35.5. The van der Waals surface area contributed by atoms with Crippen molar-refractivity contribution < 1.29 is 4.39 Å². The number of aryl methyl sites for hydroxylation is 2. The molecule has 0 bridgehead atoms. The number of nitrogen functional groups attached to an aromatic ring is 1. The van der Waals surface area contributed by atoms with Crippen LogP contribution in [0.5, 0.6) is 0 Å². The van der Waals surface area contributed by atoms with Crippen LogP contribution in [0.25, 0.3) is 27.7 Å². The van der Waals surface area contributed by atoms with Crippen molar-refractivity contribution in [3.63, 3.8) is 0 Å². The maximum Gasteiger partial charge on any atom is 0.257 e. The van der Waals surface area contributed by atoms with E-state index >= 15 is 4.39 Å². The molecule has 5 rings (SSSR count). The van der Waals surface area contributed by atoms with Crippen molar-refractivity contribution in [1.29, 1.82) is 0 Å². The van der Waals surface area contributed by atoms with Crippen LogP contribution in [-0.4, -0.2) is 35.6 Å². The lowest BCUT2D eigenvalue weighted by Crippen LogP contribution is -2.44. The van der Waals surface area contributed by atoms with Gasteiger partial charge in [-0.2, -0.15) is 0 Å². The third kappa shape index (κ3) is 4.54. The fourth-order valence-corrected chi connectivity index (χ4v) is 5.77. The van der Waals surface area contributed by atoms with Gasteiger partial charge in [0.2, 0.25) is 0 Å². The third-order valence-corrected chi connectivity index (χ3v) is 7.65. The van der Waals surface area contributed by atoms with Crippen LogP contribution in [0.4, 0.5) is 15.8 Å². The number of hydrogen-bond acceptors (Lipinski definition) is 4. The van der Waals surface area contributed by atoms with E-state index in [1.807, 2.05) is 38.1 Å². The first kappa shape index (κ1) is 25.9. The minimum atomic E-state index is -0.434. The predicted octanol–water partition coefficient (Wildman–Crippen LogP) is 6.56. The highest BCUT2D eigenvalue weighted by Crippen LogP contribution is 2.39. The lowest BCUT2D eigenvalue weighted by atomic mass is 9.99. The van der Waals surface area contributed by atoms with Crippen LogP contribution >= 0.6 is 11.6 Å². The third-order valence-electron chi connectivity index (χ3n) is 7.34. The number of benzene rings is 3. The molecule has 0 spiro atoms. The molecule has 1 saturated heterocycles. The minimum absolute atomic E-state index is 0.155. The van der Waals surface area contributed by atoms with Crippen LogP contribution in [0, 0.1) is 12.7 Å². The van der Waals surface area contributed by atoms with Gasteiger partial charge in [0.05, 0.1) is 21.9 Å². The Morgan fingerprint density at radius 1 is 1.05 bits per heavy atom. The molecular formula is C31H32ClFN4O. The number of para-hydroxylation sites is 1. The molecule has 0 atom stereocenters. The van der Waals surface area contributed by atoms with E-state index in [-0.39, 0.29) is 11.1 Å². The van der Waals surface area contributed by atoms with Gasteiger partial charge in [-0.1, -0.05) is 48.9 Å². The van der Waals surface area contributed by atoms with E-state index in [0.29, 0.717) is 27.2 Å². The smallest absolute Gasteiger partial charge is 0.257 e. The molecule has 0 unspecified atom stereocenters. The average Bonchev–Trinajstić information content (AvgIpc) is 2.90. The molecule has 3 aromatic carbocycles. The second-order valence-electron chi connectivity index (χ2n) is 9.70. The second-order valence-corrected chi connectivity index (χ2v) is 10.1. The minimum Gasteiger partial charge on any atom is -0.398 e. The van der Waals surface area contributed by atoms with E-state index in [9.17, 15) is 4.79 Å². The van der Waals surface area contributed by atoms with Gasteiger partial charge in [0.25, 0.3) is 5.56 Å². The van der Waals surface area contributed by atoms with Crippen LogP contribution in [-0.2, 0) is 6.42 Å². The quantitative estimate of drug-likeness (QED) is 0.297. The van der Waals surface area contributed by atoms with Crippen molar-refractivity contribution in [2.45, 2.75) is 27.2 Å². The molecule has 2 heterocycles. The molecule has 0 saturated carbocycles. The van der Waals surface area contributed by atoms with Gasteiger partial charge in [-0.25, -0.2) is 4.39 Å². The number of hydrogen-bond donors (Lipinski definition) is 1. The van der Waals surface area contributed by atoms with Gasteiger partial charge >= 0.3 is 0 Å². The normalized spacial score (nSPS) is 14.1. The van der Waals surface area contributed by atoms with E-state index in [2.05, 4.69) is 22.9 Å². The summed E-state index contributed by atoms with van der Waals surface area (Å²) >= 11 is 6.51. The summed E-state index contributed by atoms with van der Waals surface area (Å²) in [5.74, 6) is -0.434. The molecular weight excluding hydrogens is 499 g/mol. The van der Waals surface area contributed by atoms with Gasteiger partial charge in [-0.15, -0.1) is 0 Å². The highest BCUT2D eigenvalue weighted by molar-refractivity contribution is 6.34. The second kappa shape index (κ2) is 10.5. The van der Waals surface area contributed by atoms with Crippen molar-refractivity contribution >= 4 is 33.9 Å². The van der Waals surface area contributed by atoms with E-state index in [4.69, 9.17) is 17.3 Å². The molecule has 0 aliphatic carbocycles. The Bertz CT molecular complexity index is 1580. The summed E-state index contributed by atoms with van der Waals surface area (Å²) in [6, 6.07) is 16.1. The van der Waals surface area contributed by atoms with Gasteiger partial charge in [0.1, 0.15) is 5.82 Å². The standard InChI is InChI=1S/C31H32ClFN4O/c1-4-12-35-13-15-36(16-14-35)27-19-29(38)37(31-20(3)8-6-9-21(31)5-2)28-18-22(25(33)17-23(27)28)30-24(32)10-7-11-26(30)34/h4,6-12,17-19H,5,13-16,34H2,1-3H3. The summed E-state index contributed by atoms with van der Waals surface area (Å²) in [7, 11) is 0. The predicted molar refractivity (Wildman–Crippen MR) is 157 cm³/mol. The van der Waals surface area contributed by atoms with Crippen LogP contribution in [0.3, 0.4) is 0 Å². The number of allylic oxidation sites excluding steroid dienone is 1. The van der Waals surface area contributed by atoms with Crippen molar-refractivity contribution in [2.24, 2.45) is 0 Å². The number of fused-ring (bicyclic) bond motifs is 1. The number of nitrogens with two attached hydrogens (primary N) is 1. The van der Waals surface area contributed by atoms with Gasteiger partial charge in [0, 0.05) is 54.4 Å². The number of rotatable bonds is 5. The summed E-state index contributed by atoms with van der Waals surface area (Å²) in [6.07, 6.45) is 4.86. The fourth-order valence-electron chi connectivity index (χ4n) is 5.49. The van der Waals surface area contributed by atoms with E-state index in [0.717, 1.165) is 55.1 Å². The van der Waals surface area contributed by atoms with Crippen molar-refractivity contribution in [1.82, 2.24) is 9.47 Å². The number of nitrogens with zero attached hydrogens (tertiary/aromatic N) is 3. The molecule has 7 heteroatoms. The molecule has 1 fully saturated rings. The number of anilines is 2. The lowest BCUT2D eigenvalue weighted by molar-refractivity contribution is 0.349. The van der Waals surface area contributed by atoms with Crippen LogP contribution < -0.4 is 16.2 Å². The van der Waals surface area contributed by atoms with Crippen molar-refractivity contribution in [3.05, 3.63) is 99.2 Å². The topological polar surface area (TPSA) is 54.5 Å². The van der Waals surface area contributed by atoms with Gasteiger partial charge in [0.15, 0.2) is 0 Å². The summed E-state index contributed by atoms with van der Waals surface area (Å²) in [5.41, 5.74) is 11.4. The van der Waals surface area contributed by atoms with E-state index in [1.165, 1.54) is 6.07 Å². The number of pyridine rings is 1. The maximum absolute atomic E-state index is 15.9. The summed E-state index contributed by atoms with van der Waals surface area (Å²) in [5, 5.41) is 1.04. The monoisotopic (exact) mass is 530 g/mol. The lowest BCUT2D eigenvalue weighted by Gasteiger charge is -2.36. The molecule has 196 valence electrons. The van der Waals surface area contributed by atoms with Gasteiger partial charge in [-0.05, 0) is 61.9 Å². The van der Waals surface area contributed by atoms with Crippen LogP contribution in [0.15, 0.2) is 71.7 Å². The summed E-state index contributed by atoms with van der Waals surface area (Å²) in [4.78, 5) is 18.3. The first-order valence-electron chi connectivity index (χ1n) is 13.0. The molecule has 1 aliphatic heterocycles. The molecule has 0 radical (unpaired) electrons. The maximum atomic E-state index is 15.9. The Morgan fingerprint density at radius 2 is 1.79 bits per heavy atom. The number of piperazine rings is 1. The Kier molecular flexibility index (Phi) is 7.17. The first-order chi connectivity index (χ1) is 18.3. The molecule has 1 aromatic heterocycles. The van der Waals surface area contributed by atoms with Crippen molar-refractivity contribution in [2.75, 3.05) is 36.8 Å². The van der Waals surface area contributed by atoms with Gasteiger partial charge < -0.3 is 15.5 Å². The van der Waals surface area contributed by atoms with Crippen LogP contribution in [0.2, 0.25) is 5.02 Å². The Balaban J connectivity index is 1.82.